The van der Waals surface area contributed by atoms with E-state index in [1.54, 1.807) is 0 Å². The van der Waals surface area contributed by atoms with Crippen LogP contribution in [0.5, 0.6) is 0 Å². The van der Waals surface area contributed by atoms with Crippen LogP contribution in [0.4, 0.5) is 0 Å². The molecule has 8 aromatic carbocycles. The Morgan fingerprint density at radius 1 is 0.419 bits per heavy atom. The fourth-order valence-electron chi connectivity index (χ4n) is 9.42. The third-order valence-corrected chi connectivity index (χ3v) is 12.6. The van der Waals surface area contributed by atoms with Crippen LogP contribution in [0, 0.1) is 5.92 Å². The van der Waals surface area contributed by atoms with Crippen LogP contribution in [0.1, 0.15) is 30.4 Å². The summed E-state index contributed by atoms with van der Waals surface area (Å²) in [6.07, 6.45) is 11.9. The van der Waals surface area contributed by atoms with E-state index in [9.17, 15) is 0 Å². The van der Waals surface area contributed by atoms with E-state index < -0.39 is 0 Å². The largest absolute Gasteiger partial charge is 0.252 e. The van der Waals surface area contributed by atoms with Crippen molar-refractivity contribution >= 4 is 38.5 Å². The summed E-state index contributed by atoms with van der Waals surface area (Å²) in [5, 5.41) is 4.98. The summed E-state index contributed by atoms with van der Waals surface area (Å²) >= 11 is 0. The lowest BCUT2D eigenvalue weighted by molar-refractivity contribution is 0.654. The Hall–Kier alpha value is -7.68. The summed E-state index contributed by atoms with van der Waals surface area (Å²) in [6, 6.07) is 72.5. The van der Waals surface area contributed by atoms with E-state index in [0.717, 1.165) is 75.3 Å². The molecule has 0 bridgehead atoms. The molecule has 0 radical (unpaired) electrons. The van der Waals surface area contributed by atoms with E-state index in [4.69, 9.17) is 9.98 Å². The number of aromatic nitrogens is 1. The van der Waals surface area contributed by atoms with Gasteiger partial charge in [0.25, 0.3) is 0 Å². The molecule has 1 aliphatic heterocycles. The molecule has 62 heavy (non-hydrogen) atoms. The van der Waals surface area contributed by atoms with E-state index in [1.807, 2.05) is 0 Å². The second-order valence-electron chi connectivity index (χ2n) is 16.4. The van der Waals surface area contributed by atoms with Crippen molar-refractivity contribution in [2.75, 3.05) is 0 Å². The van der Waals surface area contributed by atoms with Crippen molar-refractivity contribution in [2.45, 2.75) is 19.3 Å². The highest BCUT2D eigenvalue weighted by atomic mass is 14.8. The summed E-state index contributed by atoms with van der Waals surface area (Å²) in [5.74, 6) is 0.407. The second-order valence-corrected chi connectivity index (χ2v) is 16.4. The number of fused-ring (bicyclic) bond motifs is 4. The average Bonchev–Trinajstić information content (AvgIpc) is 3.69. The molecule has 294 valence electrons. The summed E-state index contributed by atoms with van der Waals surface area (Å²) < 4.78 is 0. The number of hydrogen-bond donors (Lipinski definition) is 0. The maximum Gasteiger partial charge on any atom is 0.0787 e. The Kier molecular flexibility index (Phi) is 9.88. The molecular formula is C60H44N2. The molecule has 0 spiro atoms. The van der Waals surface area contributed by atoms with Crippen LogP contribution < -0.4 is 0 Å². The van der Waals surface area contributed by atoms with Gasteiger partial charge in [0.05, 0.1) is 17.1 Å². The van der Waals surface area contributed by atoms with Gasteiger partial charge in [0.1, 0.15) is 0 Å². The van der Waals surface area contributed by atoms with Crippen molar-refractivity contribution < 1.29 is 0 Å². The van der Waals surface area contributed by atoms with Crippen LogP contribution in [0.3, 0.4) is 0 Å². The molecule has 2 aliphatic rings. The van der Waals surface area contributed by atoms with Gasteiger partial charge in [-0.15, -0.1) is 0 Å². The molecule has 1 unspecified atom stereocenters. The van der Waals surface area contributed by atoms with Crippen molar-refractivity contribution in [2.24, 2.45) is 10.9 Å². The zero-order valence-corrected chi connectivity index (χ0v) is 34.5. The number of hydrogen-bond acceptors (Lipinski definition) is 2. The van der Waals surface area contributed by atoms with Crippen LogP contribution in [-0.2, 0) is 0 Å². The molecule has 0 fully saturated rings. The average molecular weight is 793 g/mol. The van der Waals surface area contributed by atoms with E-state index >= 15 is 0 Å². The van der Waals surface area contributed by atoms with Crippen LogP contribution in [0.15, 0.2) is 229 Å². The lowest BCUT2D eigenvalue weighted by atomic mass is 9.88. The first kappa shape index (κ1) is 37.3. The summed E-state index contributed by atoms with van der Waals surface area (Å²) in [7, 11) is 0. The smallest absolute Gasteiger partial charge is 0.0787 e. The van der Waals surface area contributed by atoms with Gasteiger partial charge < -0.3 is 0 Å². The van der Waals surface area contributed by atoms with Gasteiger partial charge in [0.15, 0.2) is 0 Å². The minimum absolute atomic E-state index is 0.407. The molecule has 2 nitrogen and oxygen atoms in total. The van der Waals surface area contributed by atoms with E-state index in [0.29, 0.717) is 5.92 Å². The van der Waals surface area contributed by atoms with Crippen LogP contribution in [-0.4, -0.2) is 10.7 Å². The van der Waals surface area contributed by atoms with Crippen LogP contribution in [0.25, 0.3) is 88.7 Å². The molecule has 1 aliphatic carbocycles. The maximum absolute atomic E-state index is 5.48. The maximum atomic E-state index is 5.48. The normalized spacial score (nSPS) is 15.0. The topological polar surface area (TPSA) is 25.2 Å². The minimum atomic E-state index is 0.407. The van der Waals surface area contributed by atoms with E-state index in [2.05, 4.69) is 224 Å². The van der Waals surface area contributed by atoms with Gasteiger partial charge in [-0.3, -0.25) is 4.99 Å². The van der Waals surface area contributed by atoms with Gasteiger partial charge >= 0.3 is 0 Å². The molecule has 2 heterocycles. The SMILES string of the molecule is C1=CCC2CCC(c3ccccc3)=C(c3ccc(-c4cc(-c5ccc(-c6ccccc6)nc5-c5ccccc5)cc(-c5cc6ccccc6c6ccccc56)c4)cc3)N=C2C=C1. The number of nitrogens with zero attached hydrogens (tertiary/aromatic N) is 2. The summed E-state index contributed by atoms with van der Waals surface area (Å²) in [6.45, 7) is 0. The van der Waals surface area contributed by atoms with Crippen LogP contribution in [0.2, 0.25) is 0 Å². The number of rotatable bonds is 7. The summed E-state index contributed by atoms with van der Waals surface area (Å²) in [4.78, 5) is 10.9. The Balaban J connectivity index is 1.11. The first-order valence-corrected chi connectivity index (χ1v) is 21.7. The quantitative estimate of drug-likeness (QED) is 0.148. The zero-order chi connectivity index (χ0) is 41.2. The fourth-order valence-corrected chi connectivity index (χ4v) is 9.42. The number of allylic oxidation sites excluding steroid dienone is 5. The Labute approximate surface area is 363 Å². The van der Waals surface area contributed by atoms with E-state index in [1.165, 1.54) is 49.5 Å². The Morgan fingerprint density at radius 3 is 1.79 bits per heavy atom. The molecule has 1 atom stereocenters. The molecular weight excluding hydrogens is 749 g/mol. The standard InChI is InChI=1S/C60H44N2/c1-5-17-42(18-6-1)52-34-33-44-21-9-4-12-28-57(44)61-60(52)46-31-29-41(30-32-46)48-37-49(39-50(38-48)56-40-47-24-13-14-25-51(47)54-26-15-16-27-55(54)56)53-35-36-58(43-19-7-2-8-20-43)62-59(53)45-22-10-3-11-23-45/h1-20,22-32,35-40,44H,21,33-34H2. The molecule has 2 heteroatoms. The number of aliphatic imine (C=N–C) groups is 1. The van der Waals surface area contributed by atoms with Crippen molar-refractivity contribution in [3.05, 3.63) is 236 Å². The number of pyridine rings is 1. The van der Waals surface area contributed by atoms with Crippen molar-refractivity contribution in [1.29, 1.82) is 0 Å². The minimum Gasteiger partial charge on any atom is -0.252 e. The first-order chi connectivity index (χ1) is 30.7. The van der Waals surface area contributed by atoms with Crippen molar-refractivity contribution in [3.8, 4) is 55.9 Å². The van der Waals surface area contributed by atoms with Gasteiger partial charge in [-0.05, 0) is 116 Å². The molecule has 0 N–H and O–H groups in total. The highest BCUT2D eigenvalue weighted by molar-refractivity contribution is 6.14. The first-order valence-electron chi connectivity index (χ1n) is 21.7. The molecule has 1 aromatic heterocycles. The fraction of sp³-hybridized carbons (Fsp3) is 0.0667. The summed E-state index contributed by atoms with van der Waals surface area (Å²) in [5.41, 5.74) is 16.9. The Morgan fingerprint density at radius 2 is 1.03 bits per heavy atom. The van der Waals surface area contributed by atoms with Gasteiger partial charge in [0, 0.05) is 33.9 Å². The predicted octanol–water partition coefficient (Wildman–Crippen LogP) is 16.0. The highest BCUT2D eigenvalue weighted by Crippen LogP contribution is 2.43. The van der Waals surface area contributed by atoms with Gasteiger partial charge in [-0.2, -0.15) is 0 Å². The molecule has 9 aromatic rings. The molecule has 0 saturated heterocycles. The second kappa shape index (κ2) is 16.4. The van der Waals surface area contributed by atoms with E-state index in [-0.39, 0.29) is 0 Å². The predicted molar refractivity (Wildman–Crippen MR) is 263 cm³/mol. The van der Waals surface area contributed by atoms with Gasteiger partial charge in [-0.25, -0.2) is 4.98 Å². The van der Waals surface area contributed by atoms with Crippen molar-refractivity contribution in [3.63, 3.8) is 0 Å². The highest BCUT2D eigenvalue weighted by Gasteiger charge is 2.23. The third-order valence-electron chi connectivity index (χ3n) is 12.6. The molecule has 11 rings (SSSR count). The third kappa shape index (κ3) is 7.20. The molecule has 0 saturated carbocycles. The zero-order valence-electron chi connectivity index (χ0n) is 34.5. The van der Waals surface area contributed by atoms with Gasteiger partial charge in [-0.1, -0.05) is 188 Å². The van der Waals surface area contributed by atoms with Crippen LogP contribution >= 0.6 is 0 Å². The monoisotopic (exact) mass is 792 g/mol. The lowest BCUT2D eigenvalue weighted by Crippen LogP contribution is -2.09. The van der Waals surface area contributed by atoms with Gasteiger partial charge in [0.2, 0.25) is 0 Å². The lowest BCUT2D eigenvalue weighted by Gasteiger charge is -2.17. The van der Waals surface area contributed by atoms with Crippen molar-refractivity contribution in [1.82, 2.24) is 4.98 Å². The molecule has 0 amide bonds. The number of benzene rings is 8. The Bertz CT molecular complexity index is 3230.